The minimum absolute atomic E-state index is 0.134. The fourth-order valence-corrected chi connectivity index (χ4v) is 10.4. The first kappa shape index (κ1) is 31.6. The van der Waals surface area contributed by atoms with Gasteiger partial charge in [0.15, 0.2) is 0 Å². The van der Waals surface area contributed by atoms with Gasteiger partial charge >= 0.3 is 0 Å². The van der Waals surface area contributed by atoms with Crippen molar-refractivity contribution in [3.8, 4) is 33.4 Å². The number of aromatic nitrogens is 2. The van der Waals surface area contributed by atoms with Gasteiger partial charge < -0.3 is 9.30 Å². The van der Waals surface area contributed by atoms with E-state index in [2.05, 4.69) is 193 Å². The van der Waals surface area contributed by atoms with Gasteiger partial charge in [0, 0.05) is 44.0 Å². The number of benzene rings is 8. The molecule has 0 unspecified atom stereocenters. The van der Waals surface area contributed by atoms with Crippen molar-refractivity contribution in [3.05, 3.63) is 186 Å². The Hall–Kier alpha value is -6.75. The molecule has 8 aromatic carbocycles. The van der Waals surface area contributed by atoms with Crippen LogP contribution in [0.2, 0.25) is 0 Å². The normalized spacial score (nSPS) is 13.3. The number of nitrogens with zero attached hydrogens (tertiary/aromatic N) is 3. The summed E-state index contributed by atoms with van der Waals surface area (Å²) in [6, 6.07) is 62.8. The van der Waals surface area contributed by atoms with E-state index in [1.807, 2.05) is 5.51 Å². The van der Waals surface area contributed by atoms with Gasteiger partial charge in [-0.25, -0.2) is 4.98 Å². The van der Waals surface area contributed by atoms with Crippen molar-refractivity contribution < 1.29 is 0 Å². The second-order valence-corrected chi connectivity index (χ2v) is 16.5. The van der Waals surface area contributed by atoms with E-state index in [1.165, 1.54) is 87.3 Å². The number of hydrogen-bond acceptors (Lipinski definition) is 3. The summed E-state index contributed by atoms with van der Waals surface area (Å²) >= 11 is 1.74. The quantitative estimate of drug-likeness (QED) is 0.176. The zero-order chi connectivity index (χ0) is 37.1. The zero-order valence-electron chi connectivity index (χ0n) is 31.0. The van der Waals surface area contributed by atoms with Crippen LogP contribution in [0.1, 0.15) is 25.0 Å². The zero-order valence-corrected chi connectivity index (χ0v) is 31.8. The average Bonchev–Trinajstić information content (AvgIpc) is 4.00. The van der Waals surface area contributed by atoms with E-state index in [1.54, 1.807) is 11.3 Å². The lowest BCUT2D eigenvalue weighted by molar-refractivity contribution is 0.660. The second-order valence-electron chi connectivity index (χ2n) is 15.6. The highest BCUT2D eigenvalue weighted by molar-refractivity contribution is 7.18. The molecule has 0 spiro atoms. The maximum atomic E-state index is 4.85. The second kappa shape index (κ2) is 11.6. The lowest BCUT2D eigenvalue weighted by atomic mass is 9.82. The Labute approximate surface area is 328 Å². The molecule has 0 saturated heterocycles. The van der Waals surface area contributed by atoms with Crippen molar-refractivity contribution in [1.82, 2.24) is 9.38 Å². The SMILES string of the molecule is CC1(C)c2ccccc2-c2ccc(N(c3cc(-c4ccccc4)cc(-c4ccccc4)c3)c3ccc4c(c3)c3c5scnc5cc5c6ccccc6n4c53)cc21. The smallest absolute Gasteiger partial charge is 0.0826 e. The molecule has 56 heavy (non-hydrogen) atoms. The molecule has 11 aromatic rings. The molecule has 3 nitrogen and oxygen atoms in total. The fourth-order valence-electron chi connectivity index (χ4n) is 9.62. The summed E-state index contributed by atoms with van der Waals surface area (Å²) < 4.78 is 3.71. The summed E-state index contributed by atoms with van der Waals surface area (Å²) in [5.41, 5.74) is 20.1. The summed E-state index contributed by atoms with van der Waals surface area (Å²) in [6.07, 6.45) is 0. The van der Waals surface area contributed by atoms with Crippen molar-refractivity contribution >= 4 is 76.7 Å². The van der Waals surface area contributed by atoms with E-state index in [-0.39, 0.29) is 5.41 Å². The highest BCUT2D eigenvalue weighted by Crippen LogP contribution is 2.52. The van der Waals surface area contributed by atoms with Gasteiger partial charge in [-0.1, -0.05) is 123 Å². The van der Waals surface area contributed by atoms with Gasteiger partial charge in [0.1, 0.15) is 0 Å². The molecule has 0 radical (unpaired) electrons. The first-order valence-electron chi connectivity index (χ1n) is 19.3. The number of anilines is 3. The molecule has 3 aromatic heterocycles. The molecule has 0 saturated carbocycles. The molecule has 12 rings (SSSR count). The maximum absolute atomic E-state index is 4.85. The van der Waals surface area contributed by atoms with E-state index in [9.17, 15) is 0 Å². The standard InChI is InChI=1S/C52H35N3S/c1-52(2)44-19-11-9-17-39(44)40-23-21-37(29-45(40)52)54(38-26-34(32-13-5-3-6-14-32)25-35(27-38)33-15-7-4-8-16-33)36-22-24-48-43(28-36)49-50-42(30-46-51(49)56-31-53-46)41-18-10-12-20-47(41)55(48)50/h3-31H,1-2H3. The van der Waals surface area contributed by atoms with Crippen molar-refractivity contribution in [3.63, 3.8) is 0 Å². The minimum Gasteiger partial charge on any atom is -0.310 e. The molecule has 0 bridgehead atoms. The van der Waals surface area contributed by atoms with Gasteiger partial charge in [0.05, 0.1) is 32.3 Å². The van der Waals surface area contributed by atoms with Crippen LogP contribution in [0.4, 0.5) is 17.1 Å². The Morgan fingerprint density at radius 3 is 1.93 bits per heavy atom. The summed E-state index contributed by atoms with van der Waals surface area (Å²) in [4.78, 5) is 7.33. The van der Waals surface area contributed by atoms with Gasteiger partial charge in [-0.05, 0) is 105 Å². The van der Waals surface area contributed by atoms with Crippen LogP contribution in [-0.4, -0.2) is 9.38 Å². The van der Waals surface area contributed by atoms with E-state index in [0.29, 0.717) is 0 Å². The number of para-hydroxylation sites is 1. The predicted octanol–water partition coefficient (Wildman–Crippen LogP) is 14.6. The summed E-state index contributed by atoms with van der Waals surface area (Å²) in [7, 11) is 0. The molecular weight excluding hydrogens is 699 g/mol. The minimum atomic E-state index is -0.134. The van der Waals surface area contributed by atoms with Crippen LogP contribution >= 0.6 is 11.3 Å². The molecule has 0 fully saturated rings. The van der Waals surface area contributed by atoms with E-state index in [4.69, 9.17) is 4.98 Å². The molecule has 0 N–H and O–H groups in total. The highest BCUT2D eigenvalue weighted by Gasteiger charge is 2.36. The fraction of sp³-hybridized carbons (Fsp3) is 0.0577. The Balaban J connectivity index is 1.16. The molecular formula is C52H35N3S. The third-order valence-corrected chi connectivity index (χ3v) is 13.1. The largest absolute Gasteiger partial charge is 0.310 e. The van der Waals surface area contributed by atoms with Gasteiger partial charge in [0.25, 0.3) is 0 Å². The van der Waals surface area contributed by atoms with Crippen molar-refractivity contribution in [2.45, 2.75) is 19.3 Å². The molecule has 0 atom stereocenters. The molecule has 0 aliphatic heterocycles. The first-order chi connectivity index (χ1) is 27.5. The monoisotopic (exact) mass is 733 g/mol. The topological polar surface area (TPSA) is 20.5 Å². The van der Waals surface area contributed by atoms with Crippen LogP contribution < -0.4 is 4.90 Å². The molecule has 264 valence electrons. The van der Waals surface area contributed by atoms with Gasteiger partial charge in [-0.15, -0.1) is 11.3 Å². The number of fused-ring (bicyclic) bond motifs is 11. The Bertz CT molecular complexity index is 3280. The van der Waals surface area contributed by atoms with Crippen LogP contribution in [0.3, 0.4) is 0 Å². The third-order valence-electron chi connectivity index (χ3n) is 12.2. The van der Waals surface area contributed by atoms with Gasteiger partial charge in [0.2, 0.25) is 0 Å². The third kappa shape index (κ3) is 4.42. The summed E-state index contributed by atoms with van der Waals surface area (Å²) in [6.45, 7) is 4.73. The lowest BCUT2D eigenvalue weighted by Crippen LogP contribution is -2.16. The molecule has 3 heterocycles. The van der Waals surface area contributed by atoms with E-state index in [0.717, 1.165) is 22.6 Å². The van der Waals surface area contributed by atoms with Crippen molar-refractivity contribution in [2.75, 3.05) is 4.90 Å². The Morgan fingerprint density at radius 1 is 0.500 bits per heavy atom. The van der Waals surface area contributed by atoms with Crippen molar-refractivity contribution in [1.29, 1.82) is 0 Å². The predicted molar refractivity (Wildman–Crippen MR) is 237 cm³/mol. The van der Waals surface area contributed by atoms with Crippen LogP contribution in [0, 0.1) is 0 Å². The molecule has 1 aliphatic carbocycles. The van der Waals surface area contributed by atoms with Crippen LogP contribution in [-0.2, 0) is 5.41 Å². The lowest BCUT2D eigenvalue weighted by Gasteiger charge is -2.29. The highest BCUT2D eigenvalue weighted by atomic mass is 32.1. The molecule has 4 heteroatoms. The van der Waals surface area contributed by atoms with Crippen LogP contribution in [0.25, 0.3) is 81.7 Å². The van der Waals surface area contributed by atoms with Gasteiger partial charge in [-0.3, -0.25) is 0 Å². The van der Waals surface area contributed by atoms with Gasteiger partial charge in [-0.2, -0.15) is 0 Å². The summed E-state index contributed by atoms with van der Waals surface area (Å²) in [5.74, 6) is 0. The molecule has 1 aliphatic rings. The van der Waals surface area contributed by atoms with Crippen LogP contribution in [0.5, 0.6) is 0 Å². The van der Waals surface area contributed by atoms with E-state index >= 15 is 0 Å². The first-order valence-corrected chi connectivity index (χ1v) is 20.2. The Morgan fingerprint density at radius 2 is 1.14 bits per heavy atom. The summed E-state index contributed by atoms with van der Waals surface area (Å²) in [5, 5.41) is 5.04. The van der Waals surface area contributed by atoms with Crippen LogP contribution in [0.15, 0.2) is 175 Å². The maximum Gasteiger partial charge on any atom is 0.0826 e. The van der Waals surface area contributed by atoms with Crippen molar-refractivity contribution in [2.24, 2.45) is 0 Å². The number of rotatable bonds is 5. The van der Waals surface area contributed by atoms with E-state index < -0.39 is 0 Å². The molecule has 0 amide bonds. The average molecular weight is 734 g/mol. The number of thiazole rings is 1. The number of hydrogen-bond donors (Lipinski definition) is 0. The Kier molecular flexibility index (Phi) is 6.56.